The Kier molecular flexibility index (Phi) is 8.32. The Morgan fingerprint density at radius 2 is 1.68 bits per heavy atom. The minimum Gasteiger partial charge on any atom is -0.340 e. The summed E-state index contributed by atoms with van der Waals surface area (Å²) in [4.78, 5) is 33.5. The van der Waals surface area contributed by atoms with E-state index in [2.05, 4.69) is 4.90 Å². The zero-order valence-electron chi connectivity index (χ0n) is 22.1. The average molecular weight is 561 g/mol. The van der Waals surface area contributed by atoms with Crippen LogP contribution in [0.2, 0.25) is 10.0 Å². The molecule has 38 heavy (non-hydrogen) atoms. The van der Waals surface area contributed by atoms with E-state index in [1.54, 1.807) is 23.1 Å². The maximum absolute atomic E-state index is 13.7. The van der Waals surface area contributed by atoms with Gasteiger partial charge in [0.25, 0.3) is 0 Å². The number of rotatable bonds is 7. The fourth-order valence-corrected chi connectivity index (χ4v) is 6.39. The van der Waals surface area contributed by atoms with Gasteiger partial charge in [0.2, 0.25) is 11.8 Å². The van der Waals surface area contributed by atoms with E-state index in [9.17, 15) is 14.0 Å². The molecular weight excluding hydrogens is 524 g/mol. The van der Waals surface area contributed by atoms with E-state index in [-0.39, 0.29) is 35.5 Å². The molecule has 3 aliphatic rings. The lowest BCUT2D eigenvalue weighted by atomic mass is 9.92. The van der Waals surface area contributed by atoms with Crippen LogP contribution in [0.4, 0.5) is 4.39 Å². The Hall–Kier alpha value is -2.15. The fraction of sp³-hybridized carbons (Fsp3) is 0.533. The second-order valence-electron chi connectivity index (χ2n) is 11.3. The van der Waals surface area contributed by atoms with Gasteiger partial charge in [0.05, 0.1) is 22.0 Å². The number of hydrogen-bond donors (Lipinski definition) is 0. The monoisotopic (exact) mass is 559 g/mol. The number of nitrogens with zero attached hydrogens (tertiary/aromatic N) is 3. The highest BCUT2D eigenvalue weighted by atomic mass is 35.5. The first-order valence-electron chi connectivity index (χ1n) is 13.7. The van der Waals surface area contributed by atoms with Crippen LogP contribution in [0.15, 0.2) is 42.5 Å². The van der Waals surface area contributed by atoms with Crippen LogP contribution in [-0.2, 0) is 9.59 Å². The Morgan fingerprint density at radius 1 is 1.00 bits per heavy atom. The number of benzene rings is 2. The van der Waals surface area contributed by atoms with E-state index in [0.717, 1.165) is 43.0 Å². The van der Waals surface area contributed by atoms with Gasteiger partial charge in [-0.1, -0.05) is 41.4 Å². The summed E-state index contributed by atoms with van der Waals surface area (Å²) in [6, 6.07) is 11.4. The number of amides is 2. The second-order valence-corrected chi connectivity index (χ2v) is 12.1. The lowest BCUT2D eigenvalue weighted by Crippen LogP contribution is -2.45. The van der Waals surface area contributed by atoms with Gasteiger partial charge < -0.3 is 14.7 Å². The van der Waals surface area contributed by atoms with Crippen molar-refractivity contribution in [3.63, 3.8) is 0 Å². The average Bonchev–Trinajstić information content (AvgIpc) is 3.63. The quantitative estimate of drug-likeness (QED) is 0.430. The first-order chi connectivity index (χ1) is 18.2. The highest BCUT2D eigenvalue weighted by Crippen LogP contribution is 2.37. The first kappa shape index (κ1) is 27.4. The molecule has 8 heteroatoms. The molecule has 2 heterocycles. The van der Waals surface area contributed by atoms with Gasteiger partial charge in [-0.2, -0.15) is 0 Å². The zero-order chi connectivity index (χ0) is 27.0. The summed E-state index contributed by atoms with van der Waals surface area (Å²) >= 11 is 12.6. The van der Waals surface area contributed by atoms with E-state index >= 15 is 0 Å². The molecule has 0 N–H and O–H groups in total. The number of likely N-dealkylation sites (N-methyl/N-ethyl adjacent to an activating group) is 1. The molecule has 2 amide bonds. The lowest BCUT2D eigenvalue weighted by Gasteiger charge is -2.33. The third-order valence-corrected chi connectivity index (χ3v) is 9.45. The van der Waals surface area contributed by atoms with E-state index in [1.165, 1.54) is 31.5 Å². The van der Waals surface area contributed by atoms with Crippen molar-refractivity contribution in [1.29, 1.82) is 0 Å². The summed E-state index contributed by atoms with van der Waals surface area (Å²) in [6.07, 6.45) is 4.47. The van der Waals surface area contributed by atoms with Crippen molar-refractivity contribution in [1.82, 2.24) is 14.7 Å². The third-order valence-electron chi connectivity index (χ3n) is 8.71. The van der Waals surface area contributed by atoms with E-state index in [1.807, 2.05) is 31.0 Å². The molecule has 2 saturated heterocycles. The molecule has 204 valence electrons. The van der Waals surface area contributed by atoms with Gasteiger partial charge in [0.15, 0.2) is 0 Å². The number of hydrogen-bond acceptors (Lipinski definition) is 3. The summed E-state index contributed by atoms with van der Waals surface area (Å²) in [5.41, 5.74) is 1.73. The van der Waals surface area contributed by atoms with Crippen molar-refractivity contribution in [2.24, 2.45) is 11.8 Å². The van der Waals surface area contributed by atoms with Crippen molar-refractivity contribution in [2.45, 2.75) is 50.5 Å². The van der Waals surface area contributed by atoms with Crippen LogP contribution in [0.1, 0.15) is 55.6 Å². The van der Waals surface area contributed by atoms with Gasteiger partial charge in [0.1, 0.15) is 5.82 Å². The summed E-state index contributed by atoms with van der Waals surface area (Å²) in [7, 11) is 1.81. The van der Waals surface area contributed by atoms with Crippen LogP contribution in [0.25, 0.3) is 0 Å². The molecule has 2 aromatic carbocycles. The Morgan fingerprint density at radius 3 is 2.32 bits per heavy atom. The largest absolute Gasteiger partial charge is 0.340 e. The molecule has 3 fully saturated rings. The van der Waals surface area contributed by atoms with Crippen molar-refractivity contribution in [2.75, 3.05) is 39.8 Å². The maximum Gasteiger partial charge on any atom is 0.229 e. The minimum atomic E-state index is -0.435. The predicted octanol–water partition coefficient (Wildman–Crippen LogP) is 5.81. The number of halogens is 3. The van der Waals surface area contributed by atoms with Gasteiger partial charge in [-0.3, -0.25) is 9.59 Å². The van der Waals surface area contributed by atoms with Gasteiger partial charge in [-0.15, -0.1) is 0 Å². The molecule has 1 aliphatic carbocycles. The van der Waals surface area contributed by atoms with Gasteiger partial charge >= 0.3 is 0 Å². The minimum absolute atomic E-state index is 0.0257. The first-order valence-corrected chi connectivity index (χ1v) is 14.4. The third kappa shape index (κ3) is 6.03. The Labute approximate surface area is 234 Å². The maximum atomic E-state index is 13.7. The van der Waals surface area contributed by atoms with Crippen LogP contribution in [-0.4, -0.2) is 72.3 Å². The topological polar surface area (TPSA) is 43.9 Å². The molecule has 5 nitrogen and oxygen atoms in total. The van der Waals surface area contributed by atoms with Crippen molar-refractivity contribution >= 4 is 35.0 Å². The van der Waals surface area contributed by atoms with Crippen LogP contribution in [0.3, 0.4) is 0 Å². The van der Waals surface area contributed by atoms with Crippen molar-refractivity contribution in [3.8, 4) is 0 Å². The number of carbonyl (C=O) groups excluding carboxylic acids is 2. The molecule has 2 aromatic rings. The summed E-state index contributed by atoms with van der Waals surface area (Å²) in [5, 5.41) is 0.939. The summed E-state index contributed by atoms with van der Waals surface area (Å²) in [6.45, 7) is 5.98. The van der Waals surface area contributed by atoms with E-state index < -0.39 is 5.92 Å². The summed E-state index contributed by atoms with van der Waals surface area (Å²) in [5.74, 6) is 0.167. The second kappa shape index (κ2) is 11.5. The fourth-order valence-electron chi connectivity index (χ4n) is 6.08. The van der Waals surface area contributed by atoms with Crippen LogP contribution < -0.4 is 0 Å². The number of carbonyl (C=O) groups is 2. The molecule has 1 unspecified atom stereocenters. The molecule has 2 aliphatic heterocycles. The zero-order valence-corrected chi connectivity index (χ0v) is 23.6. The SMILES string of the molecule is CC(C(=O)N(C)[C@H]1CN(C(=O)C2CCN(CC3CC3)CC2)C[C@@H]1c1ccc(Cl)c(Cl)c1)c1ccc(F)cc1. The van der Waals surface area contributed by atoms with Gasteiger partial charge in [-0.05, 0) is 87.0 Å². The van der Waals surface area contributed by atoms with E-state index in [0.29, 0.717) is 23.1 Å². The Balaban J connectivity index is 1.32. The van der Waals surface area contributed by atoms with Gasteiger partial charge in [0, 0.05) is 38.5 Å². The molecule has 0 spiro atoms. The highest BCUT2D eigenvalue weighted by molar-refractivity contribution is 6.42. The summed E-state index contributed by atoms with van der Waals surface area (Å²) < 4.78 is 13.5. The molecule has 0 radical (unpaired) electrons. The van der Waals surface area contributed by atoms with Crippen LogP contribution in [0, 0.1) is 17.7 Å². The van der Waals surface area contributed by atoms with Gasteiger partial charge in [-0.25, -0.2) is 4.39 Å². The molecular formula is C30H36Cl2FN3O2. The smallest absolute Gasteiger partial charge is 0.229 e. The van der Waals surface area contributed by atoms with Crippen LogP contribution >= 0.6 is 23.2 Å². The molecule has 0 aromatic heterocycles. The predicted molar refractivity (Wildman–Crippen MR) is 149 cm³/mol. The number of piperidine rings is 1. The van der Waals surface area contributed by atoms with E-state index in [4.69, 9.17) is 23.2 Å². The Bertz CT molecular complexity index is 1160. The standard InChI is InChI=1S/C30H36Cl2FN3O2/c1-19(21-5-8-24(33)9-6-21)29(37)34(2)28-18-36(17-25(28)23-7-10-26(31)27(32)15-23)30(38)22-11-13-35(14-12-22)16-20-3-4-20/h5-10,15,19-20,22,25,28H,3-4,11-14,16-18H2,1-2H3/t19?,25-,28+/m1/s1. The molecule has 3 atom stereocenters. The van der Waals surface area contributed by atoms with Crippen LogP contribution in [0.5, 0.6) is 0 Å². The molecule has 1 saturated carbocycles. The highest BCUT2D eigenvalue weighted by Gasteiger charge is 2.43. The lowest BCUT2D eigenvalue weighted by molar-refractivity contribution is -0.137. The number of likely N-dealkylation sites (tertiary alicyclic amines) is 2. The van der Waals surface area contributed by atoms with Crippen molar-refractivity contribution < 1.29 is 14.0 Å². The molecule has 5 rings (SSSR count). The van der Waals surface area contributed by atoms with Crippen molar-refractivity contribution in [3.05, 3.63) is 69.5 Å². The normalized spacial score (nSPS) is 23.4. The molecule has 0 bridgehead atoms.